The molecule has 10 nitrogen and oxygen atoms in total. The molecule has 0 bridgehead atoms. The van der Waals surface area contributed by atoms with Gasteiger partial charge in [0, 0.05) is 53.7 Å². The number of alkyl halides is 1. The Hall–Kier alpha value is -3.80. The van der Waals surface area contributed by atoms with Gasteiger partial charge >= 0.3 is 5.97 Å². The lowest BCUT2D eigenvalue weighted by molar-refractivity contribution is -0.145. The van der Waals surface area contributed by atoms with Gasteiger partial charge in [0.05, 0.1) is 30.2 Å². The molecular formula is C27H33BFN7O3. The van der Waals surface area contributed by atoms with Crippen molar-refractivity contribution < 1.29 is 19.0 Å². The van der Waals surface area contributed by atoms with Gasteiger partial charge in [0.2, 0.25) is 0 Å². The van der Waals surface area contributed by atoms with Crippen molar-refractivity contribution in [1.82, 2.24) is 29.4 Å². The van der Waals surface area contributed by atoms with Crippen LogP contribution in [0.1, 0.15) is 51.1 Å². The van der Waals surface area contributed by atoms with Crippen LogP contribution in [-0.2, 0) is 16.1 Å². The van der Waals surface area contributed by atoms with Crippen LogP contribution in [0.15, 0.2) is 36.9 Å². The van der Waals surface area contributed by atoms with Crippen LogP contribution in [-0.4, -0.2) is 67.2 Å². The van der Waals surface area contributed by atoms with E-state index in [1.165, 1.54) is 0 Å². The molecule has 5 rings (SSSR count). The molecule has 0 aromatic carbocycles. The van der Waals surface area contributed by atoms with E-state index in [1.54, 1.807) is 30.2 Å². The summed E-state index contributed by atoms with van der Waals surface area (Å²) in [6.45, 7) is 4.64. The fourth-order valence-corrected chi connectivity index (χ4v) is 5.36. The van der Waals surface area contributed by atoms with Gasteiger partial charge < -0.3 is 15.6 Å². The van der Waals surface area contributed by atoms with Crippen LogP contribution < -0.4 is 11.2 Å². The molecule has 1 fully saturated rings. The monoisotopic (exact) mass is 533 g/mol. The number of aromatic nitrogens is 6. The van der Waals surface area contributed by atoms with Crippen molar-refractivity contribution >= 4 is 30.7 Å². The van der Waals surface area contributed by atoms with E-state index in [2.05, 4.69) is 15.2 Å². The first kappa shape index (κ1) is 26.8. The molecule has 0 spiro atoms. The van der Waals surface area contributed by atoms with Crippen molar-refractivity contribution in [2.45, 2.75) is 63.8 Å². The molecule has 0 radical (unpaired) electrons. The summed E-state index contributed by atoms with van der Waals surface area (Å²) in [7, 11) is 3.61. The van der Waals surface area contributed by atoms with E-state index in [9.17, 15) is 9.18 Å². The van der Waals surface area contributed by atoms with Gasteiger partial charge in [0.25, 0.3) is 0 Å². The van der Waals surface area contributed by atoms with Gasteiger partial charge in [-0.05, 0) is 51.1 Å². The number of nitrogens with zero attached hydrogens (tertiary/aromatic N) is 6. The van der Waals surface area contributed by atoms with E-state index in [1.807, 2.05) is 44.7 Å². The van der Waals surface area contributed by atoms with Crippen molar-refractivity contribution in [3.8, 4) is 22.4 Å². The molecule has 1 aliphatic rings. The smallest absolute Gasteiger partial charge is 0.338 e. The Balaban J connectivity index is 1.40. The van der Waals surface area contributed by atoms with Crippen LogP contribution in [0.4, 0.5) is 10.2 Å². The molecule has 0 saturated heterocycles. The number of carboxylic acids is 1. The Morgan fingerprint density at radius 1 is 1.21 bits per heavy atom. The van der Waals surface area contributed by atoms with Crippen LogP contribution in [0.5, 0.6) is 0 Å². The van der Waals surface area contributed by atoms with Crippen LogP contribution in [0, 0.1) is 5.92 Å². The number of hydrogen-bond acceptors (Lipinski definition) is 7. The Kier molecular flexibility index (Phi) is 7.15. The number of fused-ring (bicyclic) bond motifs is 1. The summed E-state index contributed by atoms with van der Waals surface area (Å²) in [6.07, 6.45) is 7.77. The predicted octanol–water partition coefficient (Wildman–Crippen LogP) is 2.62. The maximum atomic E-state index is 14.0. The van der Waals surface area contributed by atoms with Gasteiger partial charge in [-0.15, -0.1) is 0 Å². The lowest BCUT2D eigenvalue weighted by Gasteiger charge is -2.30. The fraction of sp³-hybridized carbons (Fsp3) is 0.444. The van der Waals surface area contributed by atoms with Crippen LogP contribution in [0.25, 0.3) is 28.0 Å². The number of anilines is 1. The van der Waals surface area contributed by atoms with Gasteiger partial charge in [-0.2, -0.15) is 14.7 Å². The van der Waals surface area contributed by atoms with E-state index < -0.39 is 18.1 Å². The number of pyridine rings is 1. The molecule has 1 unspecified atom stereocenters. The summed E-state index contributed by atoms with van der Waals surface area (Å²) < 4.78 is 23.0. The number of carboxylic acid groups (broad SMARTS) is 1. The summed E-state index contributed by atoms with van der Waals surface area (Å²) in [5, 5.41) is 18.0. The minimum Gasteiger partial charge on any atom is -0.479 e. The number of methoxy groups -OCH3 is 1. The molecule has 0 aliphatic heterocycles. The third-order valence-electron chi connectivity index (χ3n) is 7.87. The molecule has 1 atom stereocenters. The van der Waals surface area contributed by atoms with Crippen molar-refractivity contribution in [2.24, 2.45) is 5.92 Å². The molecule has 3 N–H and O–H groups in total. The minimum atomic E-state index is -1.82. The summed E-state index contributed by atoms with van der Waals surface area (Å²) in [6, 6.07) is 3.92. The molecule has 39 heavy (non-hydrogen) atoms. The van der Waals surface area contributed by atoms with E-state index in [-0.39, 0.29) is 11.5 Å². The number of ether oxygens (including phenoxy) is 1. The zero-order chi connectivity index (χ0) is 27.9. The summed E-state index contributed by atoms with van der Waals surface area (Å²) in [4.78, 5) is 20.7. The first-order valence-electron chi connectivity index (χ1n) is 13.1. The molecule has 1 aliphatic carbocycles. The van der Waals surface area contributed by atoms with Crippen molar-refractivity contribution in [2.75, 3.05) is 12.8 Å². The highest BCUT2D eigenvalue weighted by molar-refractivity contribution is 6.36. The van der Waals surface area contributed by atoms with Gasteiger partial charge in [0.1, 0.15) is 13.7 Å². The van der Waals surface area contributed by atoms with Crippen LogP contribution in [0.3, 0.4) is 0 Å². The predicted molar refractivity (Wildman–Crippen MR) is 148 cm³/mol. The van der Waals surface area contributed by atoms with Gasteiger partial charge in [-0.25, -0.2) is 14.2 Å². The lowest BCUT2D eigenvalue weighted by Crippen LogP contribution is -2.31. The second-order valence-electron chi connectivity index (χ2n) is 11.0. The Morgan fingerprint density at radius 2 is 1.95 bits per heavy atom. The second-order valence-corrected chi connectivity index (χ2v) is 11.0. The number of aliphatic carboxylic acids is 1. The SMILES string of the molecule is Bc1c(N)n2ncc(-c3ccc(-c4cnn(CC(C)(C)OC)c4)nc3)c2nc1[C@H]1CC[C@@H](C(F)C(=O)O)CC1. The third-order valence-corrected chi connectivity index (χ3v) is 7.87. The van der Waals surface area contributed by atoms with Gasteiger partial charge in [-0.1, -0.05) is 6.07 Å². The van der Waals surface area contributed by atoms with Crippen LogP contribution in [0.2, 0.25) is 0 Å². The number of nitrogens with two attached hydrogens (primary N) is 1. The first-order valence-corrected chi connectivity index (χ1v) is 13.1. The highest BCUT2D eigenvalue weighted by Crippen LogP contribution is 2.38. The Labute approximate surface area is 226 Å². The zero-order valence-corrected chi connectivity index (χ0v) is 22.6. The normalized spacial score (nSPS) is 18.9. The molecule has 0 amide bonds. The van der Waals surface area contributed by atoms with E-state index in [0.29, 0.717) is 43.7 Å². The first-order chi connectivity index (χ1) is 18.6. The number of nitrogen functional groups attached to an aromatic ring is 1. The average Bonchev–Trinajstić information content (AvgIpc) is 3.57. The molecular weight excluding hydrogens is 500 g/mol. The average molecular weight is 533 g/mol. The molecule has 4 aromatic rings. The minimum absolute atomic E-state index is 0.0809. The number of hydrogen-bond donors (Lipinski definition) is 2. The quantitative estimate of drug-likeness (QED) is 0.330. The van der Waals surface area contributed by atoms with E-state index in [4.69, 9.17) is 20.6 Å². The lowest BCUT2D eigenvalue weighted by atomic mass is 9.75. The molecule has 12 heteroatoms. The van der Waals surface area contributed by atoms with Crippen molar-refractivity contribution in [3.05, 3.63) is 42.6 Å². The maximum Gasteiger partial charge on any atom is 0.338 e. The standard InChI is InChI=1S/C27H33BFN7O3/c1-27(2,39-3)14-35-13-18(11-32-35)20-9-8-17(10-31-20)19-12-33-36-24(30)21(28)23(34-25(19)36)16-6-4-15(5-7-16)22(29)26(37)38/h8-13,15-16,22H,4-7,14,28,30H2,1-3H3,(H,37,38)/t15-,16+,22?. The third kappa shape index (κ3) is 5.25. The summed E-state index contributed by atoms with van der Waals surface area (Å²) >= 11 is 0. The highest BCUT2D eigenvalue weighted by Gasteiger charge is 2.33. The fourth-order valence-electron chi connectivity index (χ4n) is 5.36. The number of rotatable bonds is 8. The number of carbonyl (C=O) groups is 1. The van der Waals surface area contributed by atoms with Crippen molar-refractivity contribution in [3.63, 3.8) is 0 Å². The zero-order valence-electron chi connectivity index (χ0n) is 22.6. The summed E-state index contributed by atoms with van der Waals surface area (Å²) in [5.41, 5.74) is 11.9. The Bertz CT molecular complexity index is 1490. The summed E-state index contributed by atoms with van der Waals surface area (Å²) in [5.74, 6) is -1.26. The van der Waals surface area contributed by atoms with Gasteiger partial charge in [0.15, 0.2) is 11.8 Å². The molecule has 204 valence electrons. The second kappa shape index (κ2) is 10.4. The van der Waals surface area contributed by atoms with Gasteiger partial charge in [-0.3, -0.25) is 9.67 Å². The topological polar surface area (TPSA) is 133 Å². The Morgan fingerprint density at radius 3 is 2.59 bits per heavy atom. The van der Waals surface area contributed by atoms with Crippen LogP contribution >= 0.6 is 0 Å². The number of halogens is 1. The molecule has 4 heterocycles. The van der Waals surface area contributed by atoms with Crippen molar-refractivity contribution in [1.29, 1.82) is 0 Å². The largest absolute Gasteiger partial charge is 0.479 e. The molecule has 1 saturated carbocycles. The van der Waals surface area contributed by atoms with E-state index in [0.717, 1.165) is 33.5 Å². The highest BCUT2D eigenvalue weighted by atomic mass is 19.1. The molecule has 4 aromatic heterocycles. The van der Waals surface area contributed by atoms with E-state index >= 15 is 0 Å². The maximum absolute atomic E-state index is 14.0.